The molecule has 0 unspecified atom stereocenters. The topological polar surface area (TPSA) is 158 Å². The number of hydrogen-bond donors (Lipinski definition) is 1. The van der Waals surface area contributed by atoms with Crippen molar-refractivity contribution in [3.8, 4) is 0 Å². The molecule has 0 radical (unpaired) electrons. The first-order valence-electron chi connectivity index (χ1n) is 1.35. The van der Waals surface area contributed by atoms with Crippen LogP contribution in [-0.2, 0) is 20.8 Å². The van der Waals surface area contributed by atoms with Crippen LogP contribution in [0, 0.1) is 0 Å². The second kappa shape index (κ2) is 24.7. The molecule has 0 amide bonds. The number of rotatable bonds is 0. The minimum Gasteiger partial charge on any atom is -1.00 e. The van der Waals surface area contributed by atoms with E-state index in [-0.39, 0.29) is 158 Å². The van der Waals surface area contributed by atoms with Crippen LogP contribution in [0.15, 0.2) is 0 Å². The van der Waals surface area contributed by atoms with E-state index < -0.39 is 20.8 Å². The molecule has 0 aliphatic rings. The minimum atomic E-state index is -5.17. The van der Waals surface area contributed by atoms with Gasteiger partial charge in [-0.05, 0) is 0 Å². The molecule has 1 N–H and O–H groups in total. The second-order valence-electron chi connectivity index (χ2n) is 0.836. The zero-order chi connectivity index (χ0) is 9.00. The maximum Gasteiger partial charge on any atom is 2.00 e. The van der Waals surface area contributed by atoms with Crippen LogP contribution in [0.5, 0.6) is 0 Å². The molecule has 0 aromatic heterocycles. The summed E-state index contributed by atoms with van der Waals surface area (Å²) >= 11 is 0. The molecule has 0 aromatic rings. The average Bonchev–Trinajstić information content (AvgIpc) is 1.12. The zero-order valence-corrected chi connectivity index (χ0v) is 20.3. The minimum absolute atomic E-state index is 0. The van der Waals surface area contributed by atoms with Crippen molar-refractivity contribution < 1.29 is 170 Å². The normalized spacial score (nSPS) is 7.25. The Morgan fingerprint density at radius 1 is 0.812 bits per heavy atom. The number of halogens is 2. The largest absolute Gasteiger partial charge is 2.00 e. The Bertz CT molecular complexity index is 230. The van der Waals surface area contributed by atoms with E-state index in [1.807, 2.05) is 0 Å². The first-order chi connectivity index (χ1) is 4.00. The van der Waals surface area contributed by atoms with E-state index in [0.717, 1.165) is 0 Å². The fourth-order valence-electron chi connectivity index (χ4n) is 0. The van der Waals surface area contributed by atoms with Gasteiger partial charge in [0.2, 0.25) is 10.4 Å². The summed E-state index contributed by atoms with van der Waals surface area (Å²) in [7, 11) is -10.1. The van der Waals surface area contributed by atoms with Crippen LogP contribution in [0.2, 0.25) is 0 Å². The van der Waals surface area contributed by atoms with Crippen molar-refractivity contribution in [2.75, 3.05) is 0 Å². The van der Waals surface area contributed by atoms with E-state index in [2.05, 4.69) is 0 Å². The Balaban J connectivity index is -0.00000000970. The maximum absolute atomic E-state index is 8.63. The van der Waals surface area contributed by atoms with Crippen molar-refractivity contribution in [2.24, 2.45) is 0 Å². The summed E-state index contributed by atoms with van der Waals surface area (Å²) in [4.78, 5) is 0. The monoisotopic (exact) mass is 372 g/mol. The van der Waals surface area contributed by atoms with Gasteiger partial charge >= 0.3 is 134 Å². The van der Waals surface area contributed by atoms with E-state index in [9.17, 15) is 0 Å². The van der Waals surface area contributed by atoms with Gasteiger partial charge in [-0.3, -0.25) is 13.0 Å². The molecule has 0 heterocycles. The fourth-order valence-corrected chi connectivity index (χ4v) is 0. The predicted molar refractivity (Wildman–Crippen MR) is 28.6 cm³/mol. The molecule has 0 saturated heterocycles. The molecule has 0 spiro atoms. The van der Waals surface area contributed by atoms with Crippen LogP contribution < -0.4 is 135 Å². The third kappa shape index (κ3) is 264. The molecule has 0 rings (SSSR count). The van der Waals surface area contributed by atoms with E-state index >= 15 is 0 Å². The molecular formula is HCl2KMgNa2O8S2. The molecule has 0 aromatic carbocycles. The predicted octanol–water partition coefficient (Wildman–Crippen LogP) is -17.7. The summed E-state index contributed by atoms with van der Waals surface area (Å²) in [5.74, 6) is 0. The van der Waals surface area contributed by atoms with Crippen molar-refractivity contribution in [2.45, 2.75) is 0 Å². The number of hydrogen-bond acceptors (Lipinski definition) is 7. The van der Waals surface area contributed by atoms with Gasteiger partial charge in [0.25, 0.3) is 0 Å². The molecule has 16 heteroatoms. The van der Waals surface area contributed by atoms with Crippen molar-refractivity contribution in [3.05, 3.63) is 0 Å². The Hall–Kier alpha value is 4.72. The van der Waals surface area contributed by atoms with Crippen molar-refractivity contribution >= 4 is 43.9 Å². The van der Waals surface area contributed by atoms with Gasteiger partial charge in [-0.15, -0.1) is 0 Å². The molecule has 0 atom stereocenters. The van der Waals surface area contributed by atoms with Crippen molar-refractivity contribution in [1.29, 1.82) is 0 Å². The molecule has 80 valence electrons. The Morgan fingerprint density at radius 3 is 0.812 bits per heavy atom. The standard InChI is InChI=1S/2ClH.K.Mg.2Na.2H2O4S/c;;;;;;2*1-5(2,3)4/h2*1H;;;;;2*(H2,1,2,3,4)/q;;+1;+2;2*+1;;/p-5. The van der Waals surface area contributed by atoms with Gasteiger partial charge in [-0.2, -0.15) is 0 Å². The molecule has 0 fully saturated rings. The van der Waals surface area contributed by atoms with Gasteiger partial charge in [0.05, 0.1) is 0 Å². The van der Waals surface area contributed by atoms with Gasteiger partial charge in [-0.25, -0.2) is 8.42 Å². The van der Waals surface area contributed by atoms with Gasteiger partial charge in [0.1, 0.15) is 0 Å². The Morgan fingerprint density at radius 2 is 0.812 bits per heavy atom. The van der Waals surface area contributed by atoms with E-state index in [1.165, 1.54) is 0 Å². The SMILES string of the molecule is O=S(=O)([O-])O.O=S(=O)([O-])[O-].[Cl-].[Cl-].[K+].[Mg+2].[Na+].[Na+]. The van der Waals surface area contributed by atoms with E-state index in [0.29, 0.717) is 0 Å². The molecule has 16 heavy (non-hydrogen) atoms. The molecule has 8 nitrogen and oxygen atoms in total. The van der Waals surface area contributed by atoms with Crippen LogP contribution in [0.4, 0.5) is 0 Å². The van der Waals surface area contributed by atoms with Crippen LogP contribution in [-0.4, -0.2) is 58.1 Å². The summed E-state index contributed by atoms with van der Waals surface area (Å²) in [5, 5.41) is 0. The summed E-state index contributed by atoms with van der Waals surface area (Å²) in [6, 6.07) is 0. The molecular weight excluding hydrogens is 372 g/mol. The first-order valence-corrected chi connectivity index (χ1v) is 4.05. The van der Waals surface area contributed by atoms with Gasteiger partial charge in [0, 0.05) is 10.4 Å². The second-order valence-corrected chi connectivity index (χ2v) is 2.51. The van der Waals surface area contributed by atoms with Gasteiger partial charge in [-0.1, -0.05) is 0 Å². The third-order valence-electron chi connectivity index (χ3n) is 0. The summed E-state index contributed by atoms with van der Waals surface area (Å²) in [5.41, 5.74) is 0. The summed E-state index contributed by atoms with van der Waals surface area (Å²) in [6.07, 6.45) is 0. The smallest absolute Gasteiger partial charge is 1.00 e. The van der Waals surface area contributed by atoms with Crippen LogP contribution in [0.3, 0.4) is 0 Å². The molecule has 0 bridgehead atoms. The van der Waals surface area contributed by atoms with Crippen molar-refractivity contribution in [3.63, 3.8) is 0 Å². The quantitative estimate of drug-likeness (QED) is 0.249. The molecule has 0 saturated carbocycles. The van der Waals surface area contributed by atoms with Crippen LogP contribution >= 0.6 is 0 Å². The Kier molecular flexibility index (Phi) is 76.9. The maximum atomic E-state index is 8.63. The average molecular weight is 373 g/mol. The Labute approximate surface area is 209 Å². The zero-order valence-electron chi connectivity index (χ0n) is 8.58. The third-order valence-corrected chi connectivity index (χ3v) is 0. The first kappa shape index (κ1) is 49.8. The van der Waals surface area contributed by atoms with Crippen LogP contribution in [0.1, 0.15) is 0 Å². The molecule has 0 aliphatic heterocycles. The fraction of sp³-hybridized carbons (Fsp3) is 0. The summed E-state index contributed by atoms with van der Waals surface area (Å²) in [6.45, 7) is 0. The van der Waals surface area contributed by atoms with E-state index in [4.69, 9.17) is 35.0 Å². The van der Waals surface area contributed by atoms with Crippen molar-refractivity contribution in [1.82, 2.24) is 0 Å². The van der Waals surface area contributed by atoms with Gasteiger partial charge < -0.3 is 38.5 Å². The van der Waals surface area contributed by atoms with Crippen LogP contribution in [0.25, 0.3) is 0 Å². The van der Waals surface area contributed by atoms with E-state index in [1.54, 1.807) is 0 Å². The molecule has 0 aliphatic carbocycles. The summed E-state index contributed by atoms with van der Waals surface area (Å²) < 4.78 is 66.9. The van der Waals surface area contributed by atoms with Gasteiger partial charge in [0.15, 0.2) is 0 Å².